The number of carbonyl (C=O) groups excluding carboxylic acids is 2. The number of ether oxygens (including phenoxy) is 1. The molecule has 0 aliphatic heterocycles. The highest BCUT2D eigenvalue weighted by atomic mass is 16.5. The molecule has 26 heavy (non-hydrogen) atoms. The van der Waals surface area contributed by atoms with Crippen LogP contribution in [0.15, 0.2) is 36.5 Å². The van der Waals surface area contributed by atoms with Crippen LogP contribution in [0.3, 0.4) is 0 Å². The lowest BCUT2D eigenvalue weighted by molar-refractivity contribution is -0.130. The molecule has 0 unspecified atom stereocenters. The van der Waals surface area contributed by atoms with E-state index in [4.69, 9.17) is 4.74 Å². The second kappa shape index (κ2) is 8.47. The second-order valence-electron chi connectivity index (χ2n) is 6.32. The second-order valence-corrected chi connectivity index (χ2v) is 6.32. The van der Waals surface area contributed by atoms with Crippen molar-refractivity contribution in [2.24, 2.45) is 0 Å². The highest BCUT2D eigenvalue weighted by molar-refractivity contribution is 5.96. The monoisotopic (exact) mass is 355 g/mol. The van der Waals surface area contributed by atoms with Crippen molar-refractivity contribution in [1.82, 2.24) is 14.8 Å². The summed E-state index contributed by atoms with van der Waals surface area (Å²) in [4.78, 5) is 32.3. The molecule has 0 atom stereocenters. The largest absolute Gasteiger partial charge is 0.496 e. The van der Waals surface area contributed by atoms with Crippen LogP contribution in [-0.4, -0.2) is 54.3 Å². The average molecular weight is 355 g/mol. The van der Waals surface area contributed by atoms with Crippen molar-refractivity contribution in [1.29, 1.82) is 0 Å². The normalized spacial score (nSPS) is 10.3. The molecule has 1 aromatic carbocycles. The smallest absolute Gasteiger partial charge is 0.254 e. The number of rotatable bonds is 6. The summed E-state index contributed by atoms with van der Waals surface area (Å²) in [5.74, 6) is 0.448. The van der Waals surface area contributed by atoms with E-state index in [0.717, 1.165) is 22.6 Å². The molecule has 0 aliphatic carbocycles. The molecule has 0 radical (unpaired) electrons. The van der Waals surface area contributed by atoms with Gasteiger partial charge in [0, 0.05) is 37.0 Å². The molecule has 2 aromatic rings. The predicted octanol–water partition coefficient (Wildman–Crippen LogP) is 2.44. The van der Waals surface area contributed by atoms with Gasteiger partial charge in [-0.25, -0.2) is 0 Å². The Morgan fingerprint density at radius 1 is 1.08 bits per heavy atom. The summed E-state index contributed by atoms with van der Waals surface area (Å²) in [6, 6.07) is 8.92. The van der Waals surface area contributed by atoms with Gasteiger partial charge in [-0.3, -0.25) is 14.6 Å². The number of nitrogens with zero attached hydrogens (tertiary/aromatic N) is 3. The summed E-state index contributed by atoms with van der Waals surface area (Å²) in [5, 5.41) is 0. The fourth-order valence-corrected chi connectivity index (χ4v) is 2.74. The molecule has 0 spiro atoms. The van der Waals surface area contributed by atoms with Crippen molar-refractivity contribution < 1.29 is 14.3 Å². The molecule has 2 amide bonds. The molecule has 6 heteroatoms. The Morgan fingerprint density at radius 2 is 1.73 bits per heavy atom. The maximum atomic E-state index is 12.5. The summed E-state index contributed by atoms with van der Waals surface area (Å²) >= 11 is 0. The molecule has 0 saturated carbocycles. The van der Waals surface area contributed by atoms with Crippen molar-refractivity contribution in [2.45, 2.75) is 20.4 Å². The number of likely N-dealkylation sites (N-methyl/N-ethyl adjacent to an activating group) is 2. The number of methoxy groups -OCH3 is 1. The van der Waals surface area contributed by atoms with Crippen LogP contribution >= 0.6 is 0 Å². The van der Waals surface area contributed by atoms with Gasteiger partial charge >= 0.3 is 0 Å². The van der Waals surface area contributed by atoms with Crippen molar-refractivity contribution in [3.63, 3.8) is 0 Å². The number of benzene rings is 1. The van der Waals surface area contributed by atoms with Crippen molar-refractivity contribution >= 4 is 11.8 Å². The molecule has 0 bridgehead atoms. The molecular weight excluding hydrogens is 330 g/mol. The SMILES string of the molecule is COc1c(C)cnc(CN(C)C(=O)CN(C)C(=O)c2ccccc2)c1C. The van der Waals surface area contributed by atoms with Gasteiger partial charge in [-0.2, -0.15) is 0 Å². The zero-order chi connectivity index (χ0) is 19.3. The Morgan fingerprint density at radius 3 is 2.35 bits per heavy atom. The summed E-state index contributed by atoms with van der Waals surface area (Å²) < 4.78 is 5.41. The van der Waals surface area contributed by atoms with Gasteiger partial charge in [-0.05, 0) is 26.0 Å². The lowest BCUT2D eigenvalue weighted by atomic mass is 10.1. The number of pyridine rings is 1. The predicted molar refractivity (Wildman–Crippen MR) is 100 cm³/mol. The van der Waals surface area contributed by atoms with Crippen molar-refractivity contribution in [3.8, 4) is 5.75 Å². The van der Waals surface area contributed by atoms with Gasteiger partial charge in [0.05, 0.1) is 25.9 Å². The summed E-state index contributed by atoms with van der Waals surface area (Å²) in [7, 11) is 4.95. The molecule has 2 rings (SSSR count). The van der Waals surface area contributed by atoms with E-state index in [9.17, 15) is 9.59 Å². The van der Waals surface area contributed by atoms with Crippen LogP contribution in [0.4, 0.5) is 0 Å². The molecule has 6 nitrogen and oxygen atoms in total. The summed E-state index contributed by atoms with van der Waals surface area (Å²) in [5.41, 5.74) is 3.21. The molecule has 1 aromatic heterocycles. The Labute approximate surface area is 154 Å². The number of hydrogen-bond donors (Lipinski definition) is 0. The molecule has 0 N–H and O–H groups in total. The zero-order valence-electron chi connectivity index (χ0n) is 15.9. The third-order valence-corrected chi connectivity index (χ3v) is 4.30. The van der Waals surface area contributed by atoms with Crippen LogP contribution in [-0.2, 0) is 11.3 Å². The van der Waals surface area contributed by atoms with Crippen LogP contribution in [0, 0.1) is 13.8 Å². The van der Waals surface area contributed by atoms with E-state index in [-0.39, 0.29) is 18.4 Å². The summed E-state index contributed by atoms with van der Waals surface area (Å²) in [6.45, 7) is 4.22. The van der Waals surface area contributed by atoms with Gasteiger partial charge in [0.15, 0.2) is 0 Å². The van der Waals surface area contributed by atoms with E-state index in [1.165, 1.54) is 4.90 Å². The lowest BCUT2D eigenvalue weighted by Crippen LogP contribution is -2.39. The minimum Gasteiger partial charge on any atom is -0.496 e. The first-order valence-corrected chi connectivity index (χ1v) is 8.38. The molecule has 1 heterocycles. The Kier molecular flexibility index (Phi) is 6.33. The first-order valence-electron chi connectivity index (χ1n) is 8.38. The Balaban J connectivity index is 2.03. The van der Waals surface area contributed by atoms with Crippen LogP contribution in [0.1, 0.15) is 27.2 Å². The fourth-order valence-electron chi connectivity index (χ4n) is 2.74. The van der Waals surface area contributed by atoms with E-state index in [1.54, 1.807) is 56.6 Å². The van der Waals surface area contributed by atoms with Crippen LogP contribution in [0.25, 0.3) is 0 Å². The van der Waals surface area contributed by atoms with E-state index in [2.05, 4.69) is 4.98 Å². The van der Waals surface area contributed by atoms with Gasteiger partial charge in [0.1, 0.15) is 5.75 Å². The van der Waals surface area contributed by atoms with Crippen molar-refractivity contribution in [3.05, 3.63) is 58.9 Å². The van der Waals surface area contributed by atoms with Gasteiger partial charge in [-0.15, -0.1) is 0 Å². The molecule has 0 fully saturated rings. The van der Waals surface area contributed by atoms with E-state index >= 15 is 0 Å². The lowest BCUT2D eigenvalue weighted by Gasteiger charge is -2.23. The maximum absolute atomic E-state index is 12.5. The Bertz CT molecular complexity index is 790. The van der Waals surface area contributed by atoms with Gasteiger partial charge in [-0.1, -0.05) is 18.2 Å². The zero-order valence-corrected chi connectivity index (χ0v) is 15.9. The molecule has 138 valence electrons. The first-order chi connectivity index (χ1) is 12.3. The number of carbonyl (C=O) groups is 2. The summed E-state index contributed by atoms with van der Waals surface area (Å²) in [6.07, 6.45) is 1.74. The van der Waals surface area contributed by atoms with Gasteiger partial charge < -0.3 is 14.5 Å². The average Bonchev–Trinajstić information content (AvgIpc) is 2.64. The highest BCUT2D eigenvalue weighted by Crippen LogP contribution is 2.24. The van der Waals surface area contributed by atoms with Gasteiger partial charge in [0.2, 0.25) is 5.91 Å². The third kappa shape index (κ3) is 4.39. The standard InChI is InChI=1S/C20H25N3O3/c1-14-11-21-17(15(2)19(14)26-5)12-22(3)18(24)13-23(4)20(25)16-9-7-6-8-10-16/h6-11H,12-13H2,1-5H3. The van der Waals surface area contributed by atoms with Crippen LogP contribution in [0.2, 0.25) is 0 Å². The minimum atomic E-state index is -0.182. The topological polar surface area (TPSA) is 62.7 Å². The quantitative estimate of drug-likeness (QED) is 0.798. The van der Waals surface area contributed by atoms with E-state index in [1.807, 2.05) is 19.9 Å². The number of amides is 2. The number of aryl methyl sites for hydroxylation is 1. The van der Waals surface area contributed by atoms with E-state index in [0.29, 0.717) is 12.1 Å². The fraction of sp³-hybridized carbons (Fsp3) is 0.350. The van der Waals surface area contributed by atoms with Crippen LogP contribution < -0.4 is 4.74 Å². The highest BCUT2D eigenvalue weighted by Gasteiger charge is 2.19. The number of hydrogen-bond acceptors (Lipinski definition) is 4. The minimum absolute atomic E-state index is 0.00622. The maximum Gasteiger partial charge on any atom is 0.254 e. The molecule has 0 saturated heterocycles. The number of aromatic nitrogens is 1. The molecular formula is C20H25N3O3. The first kappa shape index (κ1) is 19.4. The van der Waals surface area contributed by atoms with E-state index < -0.39 is 0 Å². The van der Waals surface area contributed by atoms with Crippen molar-refractivity contribution in [2.75, 3.05) is 27.7 Å². The Hall–Kier alpha value is -2.89. The van der Waals surface area contributed by atoms with Gasteiger partial charge in [0.25, 0.3) is 5.91 Å². The molecule has 0 aliphatic rings. The van der Waals surface area contributed by atoms with Crippen LogP contribution in [0.5, 0.6) is 5.75 Å². The third-order valence-electron chi connectivity index (χ3n) is 4.30.